The second-order valence-corrected chi connectivity index (χ2v) is 8.07. The molecule has 2 heterocycles. The molecule has 0 saturated carbocycles. The van der Waals surface area contributed by atoms with Crippen LogP contribution in [-0.4, -0.2) is 41.1 Å². The van der Waals surface area contributed by atoms with E-state index in [-0.39, 0.29) is 11.1 Å². The van der Waals surface area contributed by atoms with Crippen LogP contribution in [0.4, 0.5) is 10.3 Å². The zero-order valence-corrected chi connectivity index (χ0v) is 16.6. The van der Waals surface area contributed by atoms with Gasteiger partial charge in [0.1, 0.15) is 5.82 Å². The lowest BCUT2D eigenvalue weighted by Gasteiger charge is -2.28. The van der Waals surface area contributed by atoms with Crippen LogP contribution in [0, 0.1) is 5.82 Å². The Labute approximate surface area is 168 Å². The highest BCUT2D eigenvalue weighted by atomic mass is 32.2. The fraction of sp³-hybridized carbons (Fsp3) is 0.333. The fourth-order valence-electron chi connectivity index (χ4n) is 3.23. The number of hydrogen-bond donors (Lipinski definition) is 0. The Morgan fingerprint density at radius 2 is 1.75 bits per heavy atom. The van der Waals surface area contributed by atoms with Crippen LogP contribution in [0.25, 0.3) is 0 Å². The molecule has 4 rings (SSSR count). The number of hydrogen-bond acceptors (Lipinski definition) is 5. The monoisotopic (exact) mass is 398 g/mol. The number of ether oxygens (including phenoxy) is 1. The van der Waals surface area contributed by atoms with Crippen LogP contribution in [0.2, 0.25) is 0 Å². The summed E-state index contributed by atoms with van der Waals surface area (Å²) in [5.41, 5.74) is 2.27. The summed E-state index contributed by atoms with van der Waals surface area (Å²) in [6.07, 6.45) is 0. The maximum Gasteiger partial charge on any atom is 0.228 e. The molecule has 1 aliphatic heterocycles. The molecule has 1 aromatic heterocycles. The van der Waals surface area contributed by atoms with Gasteiger partial charge in [-0.1, -0.05) is 54.2 Å². The van der Waals surface area contributed by atoms with Crippen LogP contribution in [0.1, 0.15) is 23.3 Å². The number of aromatic nitrogens is 3. The van der Waals surface area contributed by atoms with Gasteiger partial charge >= 0.3 is 0 Å². The Kier molecular flexibility index (Phi) is 5.92. The molecule has 0 radical (unpaired) electrons. The molecule has 2 aromatic carbocycles. The summed E-state index contributed by atoms with van der Waals surface area (Å²) in [5, 5.41) is 9.99. The smallest absolute Gasteiger partial charge is 0.228 e. The average Bonchev–Trinajstić information content (AvgIpc) is 3.12. The first-order valence-corrected chi connectivity index (χ1v) is 10.3. The average molecular weight is 399 g/mol. The van der Waals surface area contributed by atoms with E-state index in [0.29, 0.717) is 19.8 Å². The quantitative estimate of drug-likeness (QED) is 0.584. The molecule has 7 heteroatoms. The molecule has 0 N–H and O–H groups in total. The topological polar surface area (TPSA) is 43.2 Å². The zero-order chi connectivity index (χ0) is 19.3. The molecule has 0 spiro atoms. The van der Waals surface area contributed by atoms with Crippen molar-refractivity contribution in [2.75, 3.05) is 31.2 Å². The van der Waals surface area contributed by atoms with Gasteiger partial charge in [-0.3, -0.25) is 4.57 Å². The highest BCUT2D eigenvalue weighted by Gasteiger charge is 2.22. The highest BCUT2D eigenvalue weighted by molar-refractivity contribution is 7.99. The Hall–Kier alpha value is -2.38. The van der Waals surface area contributed by atoms with E-state index in [1.54, 1.807) is 11.8 Å². The van der Waals surface area contributed by atoms with Crippen LogP contribution < -0.4 is 4.90 Å². The van der Waals surface area contributed by atoms with E-state index in [2.05, 4.69) is 38.7 Å². The van der Waals surface area contributed by atoms with Crippen molar-refractivity contribution in [3.8, 4) is 0 Å². The molecular formula is C21H23FN4OS. The SMILES string of the molecule is CC(Sc1nnc(N2CCOCC2)n1Cc1ccccc1)c1ccc(F)cc1. The molecule has 0 bridgehead atoms. The minimum absolute atomic E-state index is 0.136. The molecule has 28 heavy (non-hydrogen) atoms. The molecule has 1 saturated heterocycles. The van der Waals surface area contributed by atoms with Gasteiger partial charge in [0.05, 0.1) is 19.8 Å². The van der Waals surface area contributed by atoms with E-state index in [4.69, 9.17) is 4.74 Å². The Bertz CT molecular complexity index is 895. The van der Waals surface area contributed by atoms with E-state index in [9.17, 15) is 4.39 Å². The third-order valence-electron chi connectivity index (χ3n) is 4.80. The van der Waals surface area contributed by atoms with Crippen molar-refractivity contribution in [2.24, 2.45) is 0 Å². The van der Waals surface area contributed by atoms with Crippen LogP contribution in [0.5, 0.6) is 0 Å². The summed E-state index contributed by atoms with van der Waals surface area (Å²) in [6.45, 7) is 5.84. The molecule has 1 unspecified atom stereocenters. The summed E-state index contributed by atoms with van der Waals surface area (Å²) in [4.78, 5) is 2.23. The third-order valence-corrected chi connectivity index (χ3v) is 5.93. The maximum atomic E-state index is 13.2. The fourth-order valence-corrected chi connectivity index (χ4v) is 4.20. The van der Waals surface area contributed by atoms with Crippen molar-refractivity contribution in [1.29, 1.82) is 0 Å². The standard InChI is InChI=1S/C21H23FN4OS/c1-16(18-7-9-19(22)10-8-18)28-21-24-23-20(25-11-13-27-14-12-25)26(21)15-17-5-3-2-4-6-17/h2-10,16H,11-15H2,1H3. The summed E-state index contributed by atoms with van der Waals surface area (Å²) in [6, 6.07) is 17.0. The van der Waals surface area contributed by atoms with Gasteiger partial charge in [-0.2, -0.15) is 0 Å². The largest absolute Gasteiger partial charge is 0.378 e. The minimum atomic E-state index is -0.220. The van der Waals surface area contributed by atoms with Crippen molar-refractivity contribution >= 4 is 17.7 Å². The number of benzene rings is 2. The van der Waals surface area contributed by atoms with Crippen molar-refractivity contribution in [3.63, 3.8) is 0 Å². The van der Waals surface area contributed by atoms with Gasteiger partial charge in [0.15, 0.2) is 5.16 Å². The summed E-state index contributed by atoms with van der Waals surface area (Å²) < 4.78 is 20.9. The van der Waals surface area contributed by atoms with Gasteiger partial charge in [0.25, 0.3) is 0 Å². The first kappa shape index (κ1) is 19.0. The number of halogens is 1. The van der Waals surface area contributed by atoms with E-state index < -0.39 is 0 Å². The van der Waals surface area contributed by atoms with Gasteiger partial charge in [-0.05, 0) is 30.2 Å². The van der Waals surface area contributed by atoms with E-state index in [1.165, 1.54) is 17.7 Å². The first-order valence-electron chi connectivity index (χ1n) is 9.42. The molecule has 3 aromatic rings. The number of morpholine rings is 1. The molecular weight excluding hydrogens is 375 g/mol. The van der Waals surface area contributed by atoms with Crippen LogP contribution in [0.3, 0.4) is 0 Å². The van der Waals surface area contributed by atoms with Crippen LogP contribution in [0.15, 0.2) is 59.8 Å². The van der Waals surface area contributed by atoms with Crippen molar-refractivity contribution in [3.05, 3.63) is 71.5 Å². The number of nitrogens with zero attached hydrogens (tertiary/aromatic N) is 4. The lowest BCUT2D eigenvalue weighted by Crippen LogP contribution is -2.38. The lowest BCUT2D eigenvalue weighted by molar-refractivity contribution is 0.121. The van der Waals surface area contributed by atoms with Crippen LogP contribution in [-0.2, 0) is 11.3 Å². The third kappa shape index (κ3) is 4.36. The molecule has 1 aliphatic rings. The summed E-state index contributed by atoms with van der Waals surface area (Å²) in [7, 11) is 0. The predicted molar refractivity (Wildman–Crippen MR) is 109 cm³/mol. The lowest BCUT2D eigenvalue weighted by atomic mass is 10.2. The van der Waals surface area contributed by atoms with E-state index >= 15 is 0 Å². The van der Waals surface area contributed by atoms with Crippen molar-refractivity contribution in [1.82, 2.24) is 14.8 Å². The van der Waals surface area contributed by atoms with Gasteiger partial charge in [-0.15, -0.1) is 10.2 Å². The maximum absolute atomic E-state index is 13.2. The van der Waals surface area contributed by atoms with Gasteiger partial charge in [0.2, 0.25) is 5.95 Å². The van der Waals surface area contributed by atoms with Crippen LogP contribution >= 0.6 is 11.8 Å². The number of thioether (sulfide) groups is 1. The van der Waals surface area contributed by atoms with Gasteiger partial charge in [0, 0.05) is 18.3 Å². The normalized spacial score (nSPS) is 15.6. The number of rotatable bonds is 6. The minimum Gasteiger partial charge on any atom is -0.378 e. The van der Waals surface area contributed by atoms with Crippen molar-refractivity contribution in [2.45, 2.75) is 23.9 Å². The predicted octanol–water partition coefficient (Wildman–Crippen LogP) is 4.16. The molecule has 0 aliphatic carbocycles. The molecule has 146 valence electrons. The summed E-state index contributed by atoms with van der Waals surface area (Å²) >= 11 is 1.64. The highest BCUT2D eigenvalue weighted by Crippen LogP contribution is 2.35. The number of anilines is 1. The second-order valence-electron chi connectivity index (χ2n) is 6.77. The van der Waals surface area contributed by atoms with Crippen molar-refractivity contribution < 1.29 is 9.13 Å². The van der Waals surface area contributed by atoms with Gasteiger partial charge in [-0.25, -0.2) is 4.39 Å². The zero-order valence-electron chi connectivity index (χ0n) is 15.8. The molecule has 5 nitrogen and oxygen atoms in total. The molecule has 1 atom stereocenters. The van der Waals surface area contributed by atoms with Gasteiger partial charge < -0.3 is 9.64 Å². The Morgan fingerprint density at radius 3 is 2.46 bits per heavy atom. The Morgan fingerprint density at radius 1 is 1.04 bits per heavy atom. The molecule has 0 amide bonds. The Balaban J connectivity index is 1.61. The second kappa shape index (κ2) is 8.75. The molecule has 1 fully saturated rings. The van der Waals surface area contributed by atoms with E-state index in [1.807, 2.05) is 30.3 Å². The summed E-state index contributed by atoms with van der Waals surface area (Å²) in [5.74, 6) is 0.656. The first-order chi connectivity index (χ1) is 13.7. The van der Waals surface area contributed by atoms with E-state index in [0.717, 1.165) is 29.8 Å².